The maximum atomic E-state index is 5.54. The second-order valence-corrected chi connectivity index (χ2v) is 3.80. The highest BCUT2D eigenvalue weighted by Crippen LogP contribution is 2.28. The molecule has 0 saturated carbocycles. The number of likely N-dealkylation sites (tertiary alicyclic amines) is 1. The van der Waals surface area contributed by atoms with Crippen molar-refractivity contribution in [1.29, 1.82) is 0 Å². The predicted octanol–water partition coefficient (Wildman–Crippen LogP) is 2.14. The lowest BCUT2D eigenvalue weighted by molar-refractivity contribution is 0.158. The van der Waals surface area contributed by atoms with Gasteiger partial charge in [-0.25, -0.2) is 4.98 Å². The van der Waals surface area contributed by atoms with Gasteiger partial charge in [0.25, 0.3) is 0 Å². The lowest BCUT2D eigenvalue weighted by Crippen LogP contribution is -2.29. The van der Waals surface area contributed by atoms with Crippen molar-refractivity contribution in [2.75, 3.05) is 13.6 Å². The van der Waals surface area contributed by atoms with E-state index in [4.69, 9.17) is 4.42 Å². The molecule has 1 aromatic heterocycles. The molecule has 1 atom stereocenters. The van der Waals surface area contributed by atoms with Gasteiger partial charge in [0.2, 0.25) is 5.89 Å². The minimum Gasteiger partial charge on any atom is -0.444 e. The quantitative estimate of drug-likeness (QED) is 0.663. The molecule has 0 bridgehead atoms. The van der Waals surface area contributed by atoms with Crippen LogP contribution in [0, 0.1) is 6.92 Å². The number of oxazole rings is 1. The normalized spacial score (nSPS) is 24.9. The molecule has 1 aliphatic heterocycles. The first kappa shape index (κ1) is 8.75. The van der Waals surface area contributed by atoms with Crippen LogP contribution >= 0.6 is 0 Å². The average Bonchev–Trinajstić information content (AvgIpc) is 2.53. The molecule has 0 spiro atoms. The molecule has 0 aliphatic carbocycles. The van der Waals surface area contributed by atoms with Gasteiger partial charge in [-0.05, 0) is 33.4 Å². The number of piperidine rings is 1. The summed E-state index contributed by atoms with van der Waals surface area (Å²) >= 11 is 0. The molecular formula is C10H16N2O. The fraction of sp³-hybridized carbons (Fsp3) is 0.700. The third kappa shape index (κ3) is 1.75. The zero-order valence-electron chi connectivity index (χ0n) is 8.29. The number of nitrogens with zero attached hydrogens (tertiary/aromatic N) is 2. The second kappa shape index (κ2) is 3.50. The van der Waals surface area contributed by atoms with Crippen molar-refractivity contribution in [1.82, 2.24) is 9.88 Å². The SMILES string of the molecule is Cc1cnc([C@H]2CCCCN2C)o1. The summed E-state index contributed by atoms with van der Waals surface area (Å²) in [5, 5.41) is 0. The first-order valence-corrected chi connectivity index (χ1v) is 4.90. The zero-order chi connectivity index (χ0) is 9.26. The molecule has 0 radical (unpaired) electrons. The number of aromatic nitrogens is 1. The summed E-state index contributed by atoms with van der Waals surface area (Å²) < 4.78 is 5.54. The van der Waals surface area contributed by atoms with Gasteiger partial charge in [0, 0.05) is 0 Å². The van der Waals surface area contributed by atoms with Crippen molar-refractivity contribution in [3.8, 4) is 0 Å². The molecule has 3 nitrogen and oxygen atoms in total. The minimum atomic E-state index is 0.405. The Labute approximate surface area is 78.8 Å². The Morgan fingerprint density at radius 1 is 1.54 bits per heavy atom. The molecule has 0 amide bonds. The molecule has 2 heterocycles. The summed E-state index contributed by atoms with van der Waals surface area (Å²) in [6, 6.07) is 0.405. The van der Waals surface area contributed by atoms with Crippen LogP contribution in [-0.4, -0.2) is 23.5 Å². The highest BCUT2D eigenvalue weighted by molar-refractivity contribution is 4.97. The zero-order valence-corrected chi connectivity index (χ0v) is 8.29. The molecule has 0 N–H and O–H groups in total. The number of rotatable bonds is 1. The Morgan fingerprint density at radius 2 is 2.38 bits per heavy atom. The second-order valence-electron chi connectivity index (χ2n) is 3.80. The monoisotopic (exact) mass is 180 g/mol. The van der Waals surface area contributed by atoms with Gasteiger partial charge in [-0.1, -0.05) is 6.42 Å². The van der Waals surface area contributed by atoms with E-state index in [0.717, 1.165) is 18.2 Å². The van der Waals surface area contributed by atoms with Gasteiger partial charge in [-0.15, -0.1) is 0 Å². The van der Waals surface area contributed by atoms with Gasteiger partial charge >= 0.3 is 0 Å². The summed E-state index contributed by atoms with van der Waals surface area (Å²) in [6.07, 6.45) is 5.57. The molecular weight excluding hydrogens is 164 g/mol. The topological polar surface area (TPSA) is 29.3 Å². The molecule has 1 fully saturated rings. The van der Waals surface area contributed by atoms with Gasteiger partial charge < -0.3 is 4.42 Å². The van der Waals surface area contributed by atoms with Gasteiger partial charge in [0.05, 0.1) is 12.2 Å². The molecule has 3 heteroatoms. The molecule has 0 aromatic carbocycles. The third-order valence-electron chi connectivity index (χ3n) is 2.69. The van der Waals surface area contributed by atoms with E-state index in [1.165, 1.54) is 19.3 Å². The van der Waals surface area contributed by atoms with Crippen LogP contribution in [0.1, 0.15) is 37.0 Å². The largest absolute Gasteiger partial charge is 0.444 e. The van der Waals surface area contributed by atoms with E-state index < -0.39 is 0 Å². The van der Waals surface area contributed by atoms with Crippen LogP contribution in [0.25, 0.3) is 0 Å². The molecule has 72 valence electrons. The van der Waals surface area contributed by atoms with E-state index in [1.54, 1.807) is 6.20 Å². The van der Waals surface area contributed by atoms with Gasteiger partial charge in [-0.3, -0.25) is 4.90 Å². The van der Waals surface area contributed by atoms with Crippen molar-refractivity contribution in [3.63, 3.8) is 0 Å². The molecule has 2 rings (SSSR count). The lowest BCUT2D eigenvalue weighted by atomic mass is 10.0. The number of hydrogen-bond acceptors (Lipinski definition) is 3. The Balaban J connectivity index is 2.14. The van der Waals surface area contributed by atoms with Crippen molar-refractivity contribution in [3.05, 3.63) is 17.8 Å². The van der Waals surface area contributed by atoms with Crippen LogP contribution in [-0.2, 0) is 0 Å². The van der Waals surface area contributed by atoms with E-state index in [9.17, 15) is 0 Å². The van der Waals surface area contributed by atoms with Crippen molar-refractivity contribution >= 4 is 0 Å². The number of hydrogen-bond donors (Lipinski definition) is 0. The van der Waals surface area contributed by atoms with Gasteiger partial charge in [0.1, 0.15) is 5.76 Å². The van der Waals surface area contributed by atoms with E-state index in [-0.39, 0.29) is 0 Å². The fourth-order valence-electron chi connectivity index (χ4n) is 1.91. The van der Waals surface area contributed by atoms with E-state index >= 15 is 0 Å². The van der Waals surface area contributed by atoms with Crippen LogP contribution in [0.5, 0.6) is 0 Å². The average molecular weight is 180 g/mol. The Kier molecular flexibility index (Phi) is 2.36. The van der Waals surface area contributed by atoms with Crippen LogP contribution in [0.15, 0.2) is 10.6 Å². The number of aryl methyl sites for hydroxylation is 1. The standard InChI is InChI=1S/C10H16N2O/c1-8-7-11-10(13-8)9-5-3-4-6-12(9)2/h7,9H,3-6H2,1-2H3/t9-/m1/s1. The summed E-state index contributed by atoms with van der Waals surface area (Å²) in [5.74, 6) is 1.80. The van der Waals surface area contributed by atoms with Crippen molar-refractivity contribution in [2.45, 2.75) is 32.2 Å². The highest BCUT2D eigenvalue weighted by atomic mass is 16.4. The summed E-state index contributed by atoms with van der Waals surface area (Å²) in [6.45, 7) is 3.10. The van der Waals surface area contributed by atoms with Crippen LogP contribution in [0.4, 0.5) is 0 Å². The lowest BCUT2D eigenvalue weighted by Gasteiger charge is -2.29. The van der Waals surface area contributed by atoms with Gasteiger partial charge in [-0.2, -0.15) is 0 Å². The van der Waals surface area contributed by atoms with E-state index in [2.05, 4.69) is 16.9 Å². The molecule has 0 unspecified atom stereocenters. The summed E-state index contributed by atoms with van der Waals surface area (Å²) in [4.78, 5) is 6.61. The summed E-state index contributed by atoms with van der Waals surface area (Å²) in [7, 11) is 2.14. The molecule has 1 aromatic rings. The van der Waals surface area contributed by atoms with Crippen LogP contribution in [0.3, 0.4) is 0 Å². The maximum Gasteiger partial charge on any atom is 0.211 e. The Bertz CT molecular complexity index is 282. The Hall–Kier alpha value is -0.830. The van der Waals surface area contributed by atoms with Crippen molar-refractivity contribution in [2.24, 2.45) is 0 Å². The first-order valence-electron chi connectivity index (χ1n) is 4.90. The Morgan fingerprint density at radius 3 is 3.00 bits per heavy atom. The van der Waals surface area contributed by atoms with E-state index in [0.29, 0.717) is 6.04 Å². The van der Waals surface area contributed by atoms with Gasteiger partial charge in [0.15, 0.2) is 0 Å². The molecule has 1 aliphatic rings. The molecule has 1 saturated heterocycles. The maximum absolute atomic E-state index is 5.54. The highest BCUT2D eigenvalue weighted by Gasteiger charge is 2.24. The summed E-state index contributed by atoms with van der Waals surface area (Å²) in [5.41, 5.74) is 0. The van der Waals surface area contributed by atoms with Crippen LogP contribution < -0.4 is 0 Å². The van der Waals surface area contributed by atoms with Crippen molar-refractivity contribution < 1.29 is 4.42 Å². The van der Waals surface area contributed by atoms with Crippen LogP contribution in [0.2, 0.25) is 0 Å². The third-order valence-corrected chi connectivity index (χ3v) is 2.69. The van der Waals surface area contributed by atoms with E-state index in [1.807, 2.05) is 6.92 Å². The predicted molar refractivity (Wildman–Crippen MR) is 50.5 cm³/mol. The minimum absolute atomic E-state index is 0.405. The fourth-order valence-corrected chi connectivity index (χ4v) is 1.91. The smallest absolute Gasteiger partial charge is 0.211 e. The molecule has 13 heavy (non-hydrogen) atoms. The first-order chi connectivity index (χ1) is 6.27.